The van der Waals surface area contributed by atoms with Gasteiger partial charge in [0.1, 0.15) is 0 Å². The quantitative estimate of drug-likeness (QED) is 0.646. The summed E-state index contributed by atoms with van der Waals surface area (Å²) in [5.74, 6) is 0.836. The van der Waals surface area contributed by atoms with Crippen molar-refractivity contribution in [3.63, 3.8) is 0 Å². The van der Waals surface area contributed by atoms with Gasteiger partial charge in [-0.1, -0.05) is 12.8 Å². The second-order valence-electron chi connectivity index (χ2n) is 3.53. The molecular weight excluding hydrogens is 138 g/mol. The third-order valence-electron chi connectivity index (χ3n) is 2.54. The molecule has 0 aliphatic heterocycles. The van der Waals surface area contributed by atoms with Crippen molar-refractivity contribution in [1.82, 2.24) is 5.32 Å². The molecule has 2 nitrogen and oxygen atoms in total. The van der Waals surface area contributed by atoms with Crippen LogP contribution in [0.4, 0.5) is 0 Å². The van der Waals surface area contributed by atoms with Crippen molar-refractivity contribution in [3.8, 4) is 0 Å². The van der Waals surface area contributed by atoms with Gasteiger partial charge in [0.25, 0.3) is 0 Å². The summed E-state index contributed by atoms with van der Waals surface area (Å²) < 4.78 is 0. The first-order valence-electron chi connectivity index (χ1n) is 4.47. The van der Waals surface area contributed by atoms with Crippen LogP contribution >= 0.6 is 0 Å². The molecule has 1 rings (SSSR count). The maximum Gasteiger partial charge on any atom is 0.217 e. The first-order chi connectivity index (χ1) is 5.20. The first-order valence-corrected chi connectivity index (χ1v) is 4.47. The lowest BCUT2D eigenvalue weighted by atomic mass is 10.00. The average molecular weight is 155 g/mol. The minimum absolute atomic E-state index is 0.101. The SMILES string of the molecule is CC(=O)N[C@@H](C)C1CCCC1. The molecule has 0 aromatic carbocycles. The largest absolute Gasteiger partial charge is 0.354 e. The zero-order chi connectivity index (χ0) is 8.27. The number of carbonyl (C=O) groups is 1. The van der Waals surface area contributed by atoms with Crippen molar-refractivity contribution in [2.75, 3.05) is 0 Å². The van der Waals surface area contributed by atoms with Gasteiger partial charge < -0.3 is 5.32 Å². The molecule has 0 saturated heterocycles. The molecule has 0 spiro atoms. The minimum Gasteiger partial charge on any atom is -0.354 e. The van der Waals surface area contributed by atoms with Gasteiger partial charge in [0, 0.05) is 13.0 Å². The van der Waals surface area contributed by atoms with Crippen LogP contribution in [-0.4, -0.2) is 11.9 Å². The molecule has 1 N–H and O–H groups in total. The van der Waals surface area contributed by atoms with Gasteiger partial charge in [-0.3, -0.25) is 4.79 Å². The van der Waals surface area contributed by atoms with Crippen molar-refractivity contribution in [1.29, 1.82) is 0 Å². The molecule has 64 valence electrons. The van der Waals surface area contributed by atoms with Crippen LogP contribution < -0.4 is 5.32 Å². The number of rotatable bonds is 2. The van der Waals surface area contributed by atoms with Crippen molar-refractivity contribution < 1.29 is 4.79 Å². The van der Waals surface area contributed by atoms with Gasteiger partial charge in [-0.25, -0.2) is 0 Å². The summed E-state index contributed by atoms with van der Waals surface area (Å²) in [6, 6.07) is 0.384. The van der Waals surface area contributed by atoms with Crippen LogP contribution in [-0.2, 0) is 4.79 Å². The zero-order valence-corrected chi connectivity index (χ0v) is 7.39. The lowest BCUT2D eigenvalue weighted by Crippen LogP contribution is -2.35. The van der Waals surface area contributed by atoms with Gasteiger partial charge in [0.2, 0.25) is 5.91 Å². The normalized spacial score (nSPS) is 21.6. The Morgan fingerprint density at radius 3 is 2.45 bits per heavy atom. The van der Waals surface area contributed by atoms with Crippen molar-refractivity contribution in [3.05, 3.63) is 0 Å². The van der Waals surface area contributed by atoms with E-state index in [0.29, 0.717) is 6.04 Å². The highest BCUT2D eigenvalue weighted by atomic mass is 16.1. The smallest absolute Gasteiger partial charge is 0.217 e. The van der Waals surface area contributed by atoms with E-state index in [4.69, 9.17) is 0 Å². The molecule has 1 fully saturated rings. The van der Waals surface area contributed by atoms with E-state index in [2.05, 4.69) is 12.2 Å². The molecule has 1 aliphatic rings. The fraction of sp³-hybridized carbons (Fsp3) is 0.889. The highest BCUT2D eigenvalue weighted by molar-refractivity contribution is 5.73. The molecule has 0 unspecified atom stereocenters. The van der Waals surface area contributed by atoms with Crippen LogP contribution in [0.2, 0.25) is 0 Å². The molecule has 2 heteroatoms. The van der Waals surface area contributed by atoms with E-state index in [-0.39, 0.29) is 5.91 Å². The number of hydrogen-bond acceptors (Lipinski definition) is 1. The molecular formula is C9H17NO. The zero-order valence-electron chi connectivity index (χ0n) is 7.39. The van der Waals surface area contributed by atoms with Gasteiger partial charge in [-0.15, -0.1) is 0 Å². The molecule has 0 aromatic rings. The van der Waals surface area contributed by atoms with Crippen LogP contribution in [0.25, 0.3) is 0 Å². The van der Waals surface area contributed by atoms with Crippen molar-refractivity contribution >= 4 is 5.91 Å². The predicted molar refractivity (Wildman–Crippen MR) is 45.2 cm³/mol. The topological polar surface area (TPSA) is 29.1 Å². The minimum atomic E-state index is 0.101. The fourth-order valence-corrected chi connectivity index (χ4v) is 1.90. The summed E-state index contributed by atoms with van der Waals surface area (Å²) in [5.41, 5.74) is 0. The van der Waals surface area contributed by atoms with E-state index in [9.17, 15) is 4.79 Å². The molecule has 0 heterocycles. The Labute approximate surface area is 68.4 Å². The Kier molecular flexibility index (Phi) is 2.92. The maximum atomic E-state index is 10.7. The summed E-state index contributed by atoms with van der Waals surface area (Å²) in [6.45, 7) is 3.70. The van der Waals surface area contributed by atoms with Crippen molar-refractivity contribution in [2.45, 2.75) is 45.6 Å². The number of carbonyl (C=O) groups excluding carboxylic acids is 1. The molecule has 1 aliphatic carbocycles. The molecule has 1 amide bonds. The highest BCUT2D eigenvalue weighted by Gasteiger charge is 2.21. The Morgan fingerprint density at radius 1 is 1.45 bits per heavy atom. The van der Waals surface area contributed by atoms with Crippen LogP contribution in [0.1, 0.15) is 39.5 Å². The van der Waals surface area contributed by atoms with E-state index < -0.39 is 0 Å². The van der Waals surface area contributed by atoms with E-state index in [1.165, 1.54) is 25.7 Å². The van der Waals surface area contributed by atoms with Gasteiger partial charge in [0.15, 0.2) is 0 Å². The summed E-state index contributed by atoms with van der Waals surface area (Å²) >= 11 is 0. The first kappa shape index (κ1) is 8.57. The Balaban J connectivity index is 2.28. The summed E-state index contributed by atoms with van der Waals surface area (Å²) in [4.78, 5) is 10.7. The van der Waals surface area contributed by atoms with Crippen molar-refractivity contribution in [2.24, 2.45) is 5.92 Å². The fourth-order valence-electron chi connectivity index (χ4n) is 1.90. The monoisotopic (exact) mass is 155 g/mol. The Hall–Kier alpha value is -0.530. The van der Waals surface area contributed by atoms with E-state index in [1.807, 2.05) is 0 Å². The number of amides is 1. The molecule has 1 saturated carbocycles. The molecule has 1 atom stereocenters. The third kappa shape index (κ3) is 2.52. The van der Waals surface area contributed by atoms with E-state index >= 15 is 0 Å². The molecule has 11 heavy (non-hydrogen) atoms. The average Bonchev–Trinajstić information content (AvgIpc) is 2.35. The highest BCUT2D eigenvalue weighted by Crippen LogP contribution is 2.27. The van der Waals surface area contributed by atoms with Gasteiger partial charge >= 0.3 is 0 Å². The van der Waals surface area contributed by atoms with Crippen LogP contribution in [0, 0.1) is 5.92 Å². The van der Waals surface area contributed by atoms with Crippen LogP contribution in [0.3, 0.4) is 0 Å². The Morgan fingerprint density at radius 2 is 2.00 bits per heavy atom. The number of nitrogens with one attached hydrogen (secondary N) is 1. The third-order valence-corrected chi connectivity index (χ3v) is 2.54. The van der Waals surface area contributed by atoms with Gasteiger partial charge in [-0.2, -0.15) is 0 Å². The molecule has 0 aromatic heterocycles. The standard InChI is InChI=1S/C9H17NO/c1-7(10-8(2)11)9-5-3-4-6-9/h7,9H,3-6H2,1-2H3,(H,10,11)/t7-/m0/s1. The van der Waals surface area contributed by atoms with E-state index in [1.54, 1.807) is 6.92 Å². The summed E-state index contributed by atoms with van der Waals surface area (Å²) in [6.07, 6.45) is 5.27. The Bertz CT molecular complexity index is 138. The summed E-state index contributed by atoms with van der Waals surface area (Å²) in [5, 5.41) is 2.95. The maximum absolute atomic E-state index is 10.7. The lowest BCUT2D eigenvalue weighted by molar-refractivity contribution is -0.119. The second kappa shape index (κ2) is 3.74. The van der Waals surface area contributed by atoms with Crippen LogP contribution in [0.5, 0.6) is 0 Å². The predicted octanol–water partition coefficient (Wildman–Crippen LogP) is 1.70. The van der Waals surface area contributed by atoms with Gasteiger partial charge in [-0.05, 0) is 25.7 Å². The molecule has 0 radical (unpaired) electrons. The van der Waals surface area contributed by atoms with Crippen LogP contribution in [0.15, 0.2) is 0 Å². The van der Waals surface area contributed by atoms with Gasteiger partial charge in [0.05, 0.1) is 0 Å². The second-order valence-corrected chi connectivity index (χ2v) is 3.53. The lowest BCUT2D eigenvalue weighted by Gasteiger charge is -2.18. The number of hydrogen-bond donors (Lipinski definition) is 1. The van der Waals surface area contributed by atoms with E-state index in [0.717, 1.165) is 5.92 Å². The molecule has 0 bridgehead atoms. The summed E-state index contributed by atoms with van der Waals surface area (Å²) in [7, 11) is 0.